The number of carboxylic acid groups (broad SMARTS) is 1. The first kappa shape index (κ1) is 13.1. The van der Waals surface area contributed by atoms with Gasteiger partial charge in [0, 0.05) is 24.6 Å². The van der Waals surface area contributed by atoms with Crippen LogP contribution < -0.4 is 5.32 Å². The average molecular weight is 238 g/mol. The van der Waals surface area contributed by atoms with Crippen LogP contribution >= 0.6 is 0 Å². The smallest absolute Gasteiger partial charge is 0.303 e. The van der Waals surface area contributed by atoms with E-state index in [1.807, 2.05) is 0 Å². The number of nitrogens with one attached hydrogen (secondary N) is 1. The second kappa shape index (κ2) is 6.59. The van der Waals surface area contributed by atoms with E-state index in [4.69, 9.17) is 5.11 Å². The standard InChI is InChI=1S/C11H14N2O4/c14-11(15)6-3-7-12-8-9-4-1-2-5-10(9)13(16)17/h1-2,4-5,12H,3,6-8H2,(H,14,15). The zero-order valence-corrected chi connectivity index (χ0v) is 9.26. The molecule has 0 radical (unpaired) electrons. The van der Waals surface area contributed by atoms with Crippen molar-refractivity contribution in [2.75, 3.05) is 6.54 Å². The highest BCUT2D eigenvalue weighted by atomic mass is 16.6. The van der Waals surface area contributed by atoms with Gasteiger partial charge in [-0.15, -0.1) is 0 Å². The molecule has 1 aromatic rings. The molecular formula is C11H14N2O4. The van der Waals surface area contributed by atoms with Crippen LogP contribution in [0.2, 0.25) is 0 Å². The molecule has 1 rings (SSSR count). The third kappa shape index (κ3) is 4.60. The normalized spacial score (nSPS) is 10.1. The minimum Gasteiger partial charge on any atom is -0.481 e. The number of para-hydroxylation sites is 1. The number of nitro benzene ring substituents is 1. The number of carbonyl (C=O) groups is 1. The summed E-state index contributed by atoms with van der Waals surface area (Å²) in [5, 5.41) is 22.1. The molecule has 0 aromatic heterocycles. The van der Waals surface area contributed by atoms with Gasteiger partial charge >= 0.3 is 5.97 Å². The topological polar surface area (TPSA) is 92.5 Å². The van der Waals surface area contributed by atoms with Crippen LogP contribution in [-0.2, 0) is 11.3 Å². The van der Waals surface area contributed by atoms with E-state index in [2.05, 4.69) is 5.32 Å². The van der Waals surface area contributed by atoms with Crippen LogP contribution in [0, 0.1) is 10.1 Å². The summed E-state index contributed by atoms with van der Waals surface area (Å²) in [7, 11) is 0. The van der Waals surface area contributed by atoms with E-state index in [1.165, 1.54) is 6.07 Å². The summed E-state index contributed by atoms with van der Waals surface area (Å²) in [6.07, 6.45) is 0.611. The van der Waals surface area contributed by atoms with Crippen molar-refractivity contribution in [1.29, 1.82) is 0 Å². The van der Waals surface area contributed by atoms with Gasteiger partial charge in [0.15, 0.2) is 0 Å². The number of carboxylic acids is 1. The van der Waals surface area contributed by atoms with E-state index in [1.54, 1.807) is 18.2 Å². The Bertz CT molecular complexity index is 406. The quantitative estimate of drug-likeness (QED) is 0.427. The Morgan fingerprint density at radius 1 is 1.41 bits per heavy atom. The summed E-state index contributed by atoms with van der Waals surface area (Å²) < 4.78 is 0. The minimum atomic E-state index is -0.836. The molecule has 0 unspecified atom stereocenters. The molecule has 0 aliphatic heterocycles. The van der Waals surface area contributed by atoms with Crippen molar-refractivity contribution >= 4 is 11.7 Å². The highest BCUT2D eigenvalue weighted by molar-refractivity contribution is 5.66. The fraction of sp³-hybridized carbons (Fsp3) is 0.364. The molecule has 6 nitrogen and oxygen atoms in total. The number of nitrogens with zero attached hydrogens (tertiary/aromatic N) is 1. The van der Waals surface area contributed by atoms with Gasteiger partial charge < -0.3 is 10.4 Å². The van der Waals surface area contributed by atoms with Crippen LogP contribution in [-0.4, -0.2) is 22.5 Å². The molecule has 0 fully saturated rings. The highest BCUT2D eigenvalue weighted by Gasteiger charge is 2.11. The molecule has 0 aliphatic carbocycles. The molecule has 17 heavy (non-hydrogen) atoms. The molecule has 2 N–H and O–H groups in total. The third-order valence-electron chi connectivity index (χ3n) is 2.25. The summed E-state index contributed by atoms with van der Waals surface area (Å²) in [6.45, 7) is 0.898. The van der Waals surface area contributed by atoms with E-state index in [0.29, 0.717) is 25.1 Å². The third-order valence-corrected chi connectivity index (χ3v) is 2.25. The van der Waals surface area contributed by atoms with E-state index in [-0.39, 0.29) is 12.1 Å². The lowest BCUT2D eigenvalue weighted by atomic mass is 10.2. The predicted molar refractivity (Wildman–Crippen MR) is 61.7 cm³/mol. The summed E-state index contributed by atoms with van der Waals surface area (Å²) in [5.74, 6) is -0.836. The molecule has 6 heteroatoms. The molecular weight excluding hydrogens is 224 g/mol. The zero-order valence-electron chi connectivity index (χ0n) is 9.26. The largest absolute Gasteiger partial charge is 0.481 e. The number of benzene rings is 1. The van der Waals surface area contributed by atoms with Gasteiger partial charge in [0.05, 0.1) is 4.92 Å². The first-order valence-corrected chi connectivity index (χ1v) is 5.26. The molecule has 92 valence electrons. The van der Waals surface area contributed by atoms with E-state index in [0.717, 1.165) is 0 Å². The average Bonchev–Trinajstić information content (AvgIpc) is 2.28. The Balaban J connectivity index is 2.41. The van der Waals surface area contributed by atoms with Gasteiger partial charge in [-0.1, -0.05) is 18.2 Å². The number of rotatable bonds is 7. The SMILES string of the molecule is O=C(O)CCCNCc1ccccc1[N+](=O)[O-]. The Morgan fingerprint density at radius 2 is 2.12 bits per heavy atom. The monoisotopic (exact) mass is 238 g/mol. The van der Waals surface area contributed by atoms with Crippen LogP contribution in [0.25, 0.3) is 0 Å². The minimum absolute atomic E-state index is 0.0817. The van der Waals surface area contributed by atoms with Gasteiger partial charge in [0.2, 0.25) is 0 Å². The number of hydrogen-bond donors (Lipinski definition) is 2. The van der Waals surface area contributed by atoms with Crippen LogP contribution in [0.3, 0.4) is 0 Å². The van der Waals surface area contributed by atoms with Crippen molar-refractivity contribution in [2.45, 2.75) is 19.4 Å². The van der Waals surface area contributed by atoms with Gasteiger partial charge in [0.1, 0.15) is 0 Å². The van der Waals surface area contributed by atoms with Crippen molar-refractivity contribution < 1.29 is 14.8 Å². The number of hydrogen-bond acceptors (Lipinski definition) is 4. The zero-order chi connectivity index (χ0) is 12.7. The van der Waals surface area contributed by atoms with E-state index < -0.39 is 10.9 Å². The van der Waals surface area contributed by atoms with Crippen LogP contribution in [0.1, 0.15) is 18.4 Å². The van der Waals surface area contributed by atoms with Crippen molar-refractivity contribution in [1.82, 2.24) is 5.32 Å². The van der Waals surface area contributed by atoms with Crippen LogP contribution in [0.15, 0.2) is 24.3 Å². The molecule has 1 aromatic carbocycles. The van der Waals surface area contributed by atoms with Crippen LogP contribution in [0.4, 0.5) is 5.69 Å². The Kier molecular flexibility index (Phi) is 5.09. The highest BCUT2D eigenvalue weighted by Crippen LogP contribution is 2.16. The maximum absolute atomic E-state index is 10.7. The van der Waals surface area contributed by atoms with Gasteiger partial charge in [-0.2, -0.15) is 0 Å². The second-order valence-electron chi connectivity index (χ2n) is 3.56. The van der Waals surface area contributed by atoms with Gasteiger partial charge in [-0.05, 0) is 13.0 Å². The van der Waals surface area contributed by atoms with Crippen molar-refractivity contribution in [3.8, 4) is 0 Å². The van der Waals surface area contributed by atoms with E-state index in [9.17, 15) is 14.9 Å². The van der Waals surface area contributed by atoms with Crippen molar-refractivity contribution in [3.63, 3.8) is 0 Å². The Labute approximate surface area is 98.4 Å². The molecule has 0 saturated carbocycles. The molecule has 0 saturated heterocycles. The predicted octanol–water partition coefficient (Wildman–Crippen LogP) is 1.55. The summed E-state index contributed by atoms with van der Waals surface area (Å²) in [6, 6.07) is 6.49. The molecule has 0 bridgehead atoms. The Morgan fingerprint density at radius 3 is 2.76 bits per heavy atom. The fourth-order valence-corrected chi connectivity index (χ4v) is 1.43. The van der Waals surface area contributed by atoms with Gasteiger partial charge in [-0.25, -0.2) is 0 Å². The molecule has 0 amide bonds. The number of nitro groups is 1. The second-order valence-corrected chi connectivity index (χ2v) is 3.56. The van der Waals surface area contributed by atoms with E-state index >= 15 is 0 Å². The summed E-state index contributed by atoms with van der Waals surface area (Å²) in [4.78, 5) is 20.5. The molecule has 0 spiro atoms. The lowest BCUT2D eigenvalue weighted by molar-refractivity contribution is -0.385. The lowest BCUT2D eigenvalue weighted by Crippen LogP contribution is -2.16. The maximum Gasteiger partial charge on any atom is 0.303 e. The number of aliphatic carboxylic acids is 1. The Hall–Kier alpha value is -1.95. The maximum atomic E-state index is 10.7. The van der Waals surface area contributed by atoms with Crippen LogP contribution in [0.5, 0.6) is 0 Å². The first-order chi connectivity index (χ1) is 8.11. The molecule has 0 heterocycles. The van der Waals surface area contributed by atoms with Gasteiger partial charge in [0.25, 0.3) is 5.69 Å². The fourth-order valence-electron chi connectivity index (χ4n) is 1.43. The molecule has 0 atom stereocenters. The lowest BCUT2D eigenvalue weighted by Gasteiger charge is -2.04. The van der Waals surface area contributed by atoms with Crippen molar-refractivity contribution in [3.05, 3.63) is 39.9 Å². The molecule has 0 aliphatic rings. The van der Waals surface area contributed by atoms with Gasteiger partial charge in [-0.3, -0.25) is 14.9 Å². The van der Waals surface area contributed by atoms with Crippen molar-refractivity contribution in [2.24, 2.45) is 0 Å². The summed E-state index contributed by atoms with van der Waals surface area (Å²) in [5.41, 5.74) is 0.686. The summed E-state index contributed by atoms with van der Waals surface area (Å²) >= 11 is 0. The first-order valence-electron chi connectivity index (χ1n) is 5.26.